The molecule has 0 unspecified atom stereocenters. The summed E-state index contributed by atoms with van der Waals surface area (Å²) in [6.07, 6.45) is -4.26. The summed E-state index contributed by atoms with van der Waals surface area (Å²) in [7, 11) is 0. The van der Waals surface area contributed by atoms with Crippen LogP contribution in [0.25, 0.3) is 0 Å². The molecule has 0 aromatic heterocycles. The third kappa shape index (κ3) is 4.39. The zero-order valence-electron chi connectivity index (χ0n) is 12.7. The van der Waals surface area contributed by atoms with Gasteiger partial charge in [0, 0.05) is 0 Å². The van der Waals surface area contributed by atoms with Crippen LogP contribution in [0, 0.1) is 5.82 Å². The summed E-state index contributed by atoms with van der Waals surface area (Å²) >= 11 is 1.14. The number of benzene rings is 2. The van der Waals surface area contributed by atoms with Gasteiger partial charge in [0.15, 0.2) is 5.17 Å². The number of aliphatic imine (C=N–C) groups is 1. The van der Waals surface area contributed by atoms with E-state index in [9.17, 15) is 22.4 Å². The van der Waals surface area contributed by atoms with Crippen LogP contribution in [0.1, 0.15) is 11.1 Å². The lowest BCUT2D eigenvalue weighted by Gasteiger charge is -2.10. The average molecular weight is 368 g/mol. The molecular formula is C17H12F4N2OS. The lowest BCUT2D eigenvalue weighted by Crippen LogP contribution is -2.26. The summed E-state index contributed by atoms with van der Waals surface area (Å²) in [5.41, 5.74) is 0.156. The maximum atomic E-state index is 12.9. The fraction of sp³-hybridized carbons (Fsp3) is 0.176. The lowest BCUT2D eigenvalue weighted by molar-refractivity contribution is -0.137. The number of nitrogens with one attached hydrogen (secondary N) is 1. The summed E-state index contributed by atoms with van der Waals surface area (Å²) in [5.74, 6) is -0.710. The van der Waals surface area contributed by atoms with Gasteiger partial charge in [0.05, 0.1) is 16.5 Å². The fourth-order valence-electron chi connectivity index (χ4n) is 2.31. The number of carbonyl (C=O) groups excluding carboxylic acids is 1. The first-order valence-corrected chi connectivity index (χ1v) is 8.17. The molecule has 3 rings (SSSR count). The Kier molecular flexibility index (Phi) is 4.80. The number of alkyl halides is 3. The van der Waals surface area contributed by atoms with Crippen LogP contribution in [0.4, 0.5) is 23.2 Å². The summed E-state index contributed by atoms with van der Waals surface area (Å²) < 4.78 is 51.2. The molecule has 0 bridgehead atoms. The van der Waals surface area contributed by atoms with Crippen LogP contribution in [0.3, 0.4) is 0 Å². The molecule has 1 aliphatic heterocycles. The zero-order chi connectivity index (χ0) is 18.0. The predicted octanol–water partition coefficient (Wildman–Crippen LogP) is 4.31. The topological polar surface area (TPSA) is 41.5 Å². The van der Waals surface area contributed by atoms with Gasteiger partial charge in [-0.05, 0) is 42.3 Å². The van der Waals surface area contributed by atoms with Crippen LogP contribution in [0.15, 0.2) is 53.5 Å². The minimum Gasteiger partial charge on any atom is -0.304 e. The van der Waals surface area contributed by atoms with E-state index in [-0.39, 0.29) is 12.3 Å². The van der Waals surface area contributed by atoms with Crippen molar-refractivity contribution in [1.82, 2.24) is 5.32 Å². The van der Waals surface area contributed by atoms with Crippen LogP contribution in [0.5, 0.6) is 0 Å². The molecule has 0 saturated carbocycles. The highest BCUT2D eigenvalue weighted by Gasteiger charge is 2.33. The second-order valence-corrected chi connectivity index (χ2v) is 6.58. The minimum atomic E-state index is -4.42. The van der Waals surface area contributed by atoms with E-state index in [1.165, 1.54) is 30.3 Å². The van der Waals surface area contributed by atoms with Crippen molar-refractivity contribution in [3.05, 3.63) is 65.5 Å². The van der Waals surface area contributed by atoms with Gasteiger partial charge in [0.2, 0.25) is 5.91 Å². The normalized spacial score (nSPS) is 19.3. The van der Waals surface area contributed by atoms with E-state index in [0.29, 0.717) is 16.4 Å². The van der Waals surface area contributed by atoms with Gasteiger partial charge < -0.3 is 5.32 Å². The zero-order valence-corrected chi connectivity index (χ0v) is 13.5. The first-order valence-electron chi connectivity index (χ1n) is 7.29. The van der Waals surface area contributed by atoms with Gasteiger partial charge in [-0.15, -0.1) is 0 Å². The molecule has 3 nitrogen and oxygen atoms in total. The van der Waals surface area contributed by atoms with Crippen LogP contribution in [0.2, 0.25) is 0 Å². The SMILES string of the molecule is O=C1NC(=Nc2ccc(F)cc2)S[C@H]1Cc1cccc(C(F)(F)F)c1. The molecule has 2 aromatic rings. The van der Waals surface area contributed by atoms with Crippen molar-refractivity contribution in [3.63, 3.8) is 0 Å². The molecule has 1 fully saturated rings. The van der Waals surface area contributed by atoms with Gasteiger partial charge in [-0.2, -0.15) is 13.2 Å². The highest BCUT2D eigenvalue weighted by Crippen LogP contribution is 2.31. The van der Waals surface area contributed by atoms with Gasteiger partial charge in [-0.1, -0.05) is 30.0 Å². The first-order chi connectivity index (χ1) is 11.8. The van der Waals surface area contributed by atoms with Crippen molar-refractivity contribution in [2.45, 2.75) is 17.8 Å². The van der Waals surface area contributed by atoms with Gasteiger partial charge in [-0.3, -0.25) is 4.79 Å². The Morgan fingerprint density at radius 3 is 2.52 bits per heavy atom. The Labute approximate surface area is 145 Å². The van der Waals surface area contributed by atoms with E-state index >= 15 is 0 Å². The second-order valence-electron chi connectivity index (χ2n) is 5.39. The molecule has 0 radical (unpaired) electrons. The molecule has 0 aliphatic carbocycles. The van der Waals surface area contributed by atoms with Crippen molar-refractivity contribution in [2.75, 3.05) is 0 Å². The quantitative estimate of drug-likeness (QED) is 0.821. The molecule has 1 saturated heterocycles. The standard InChI is InChI=1S/C17H12F4N2OS/c18-12-4-6-13(7-5-12)22-16-23-15(24)14(25-16)9-10-2-1-3-11(8-10)17(19,20)21/h1-8,14H,9H2,(H,22,23,24)/t14-/m0/s1. The largest absolute Gasteiger partial charge is 0.416 e. The van der Waals surface area contributed by atoms with Gasteiger partial charge in [-0.25, -0.2) is 9.38 Å². The molecule has 25 heavy (non-hydrogen) atoms. The molecule has 1 atom stereocenters. The van der Waals surface area contributed by atoms with E-state index in [1.54, 1.807) is 6.07 Å². The number of carbonyl (C=O) groups is 1. The molecule has 130 valence electrons. The molecule has 1 N–H and O–H groups in total. The molecule has 1 heterocycles. The maximum Gasteiger partial charge on any atom is 0.416 e. The summed E-state index contributed by atoms with van der Waals surface area (Å²) in [6.45, 7) is 0. The van der Waals surface area contributed by atoms with Crippen molar-refractivity contribution in [3.8, 4) is 0 Å². The van der Waals surface area contributed by atoms with E-state index in [4.69, 9.17) is 0 Å². The number of thioether (sulfide) groups is 1. The third-order valence-electron chi connectivity index (χ3n) is 3.51. The van der Waals surface area contributed by atoms with Crippen molar-refractivity contribution in [2.24, 2.45) is 4.99 Å². The minimum absolute atomic E-state index is 0.156. The second kappa shape index (κ2) is 6.87. The summed E-state index contributed by atoms with van der Waals surface area (Å²) in [5, 5.41) is 2.36. The fourth-order valence-corrected chi connectivity index (χ4v) is 3.34. The predicted molar refractivity (Wildman–Crippen MR) is 88.2 cm³/mol. The highest BCUT2D eigenvalue weighted by atomic mass is 32.2. The van der Waals surface area contributed by atoms with E-state index in [0.717, 1.165) is 23.9 Å². The number of rotatable bonds is 3. The smallest absolute Gasteiger partial charge is 0.304 e. The van der Waals surface area contributed by atoms with Crippen LogP contribution in [-0.4, -0.2) is 16.3 Å². The average Bonchev–Trinajstić information content (AvgIpc) is 2.88. The third-order valence-corrected chi connectivity index (χ3v) is 4.59. The van der Waals surface area contributed by atoms with E-state index < -0.39 is 22.8 Å². The molecule has 0 spiro atoms. The summed E-state index contributed by atoms with van der Waals surface area (Å²) in [4.78, 5) is 16.2. The number of hydrogen-bond acceptors (Lipinski definition) is 3. The molecule has 8 heteroatoms. The Hall–Kier alpha value is -2.35. The molecule has 1 aliphatic rings. The number of nitrogens with zero attached hydrogens (tertiary/aromatic N) is 1. The monoisotopic (exact) mass is 368 g/mol. The lowest BCUT2D eigenvalue weighted by atomic mass is 10.1. The molecule has 2 aromatic carbocycles. The van der Waals surface area contributed by atoms with Crippen LogP contribution >= 0.6 is 11.8 Å². The van der Waals surface area contributed by atoms with Crippen LogP contribution in [-0.2, 0) is 17.4 Å². The number of halogens is 4. The van der Waals surface area contributed by atoms with E-state index in [2.05, 4.69) is 10.3 Å². The maximum absolute atomic E-state index is 12.9. The van der Waals surface area contributed by atoms with Gasteiger partial charge in [0.25, 0.3) is 0 Å². The van der Waals surface area contributed by atoms with Gasteiger partial charge >= 0.3 is 6.18 Å². The Balaban J connectivity index is 1.72. The van der Waals surface area contributed by atoms with Crippen LogP contribution < -0.4 is 5.32 Å². The Morgan fingerprint density at radius 2 is 1.84 bits per heavy atom. The van der Waals surface area contributed by atoms with Crippen molar-refractivity contribution >= 4 is 28.5 Å². The molecule has 1 amide bonds. The Bertz CT molecular complexity index is 818. The summed E-state index contributed by atoms with van der Waals surface area (Å²) in [6, 6.07) is 10.4. The number of amidine groups is 1. The highest BCUT2D eigenvalue weighted by molar-refractivity contribution is 8.15. The molecular weight excluding hydrogens is 356 g/mol. The van der Waals surface area contributed by atoms with Crippen molar-refractivity contribution < 1.29 is 22.4 Å². The van der Waals surface area contributed by atoms with Crippen molar-refractivity contribution in [1.29, 1.82) is 0 Å². The first kappa shape index (κ1) is 17.5. The van der Waals surface area contributed by atoms with Gasteiger partial charge in [0.1, 0.15) is 5.82 Å². The Morgan fingerprint density at radius 1 is 1.12 bits per heavy atom. The van der Waals surface area contributed by atoms with E-state index in [1.807, 2.05) is 0 Å². The number of hydrogen-bond donors (Lipinski definition) is 1. The number of amides is 1.